The molecule has 0 saturated heterocycles. The van der Waals surface area contributed by atoms with Gasteiger partial charge in [-0.05, 0) is 12.0 Å². The van der Waals surface area contributed by atoms with Crippen molar-refractivity contribution in [1.29, 1.82) is 0 Å². The van der Waals surface area contributed by atoms with Crippen molar-refractivity contribution in [2.24, 2.45) is 5.92 Å². The van der Waals surface area contributed by atoms with Crippen LogP contribution in [-0.2, 0) is 6.54 Å². The van der Waals surface area contributed by atoms with Crippen molar-refractivity contribution in [3.8, 4) is 0 Å². The van der Waals surface area contributed by atoms with Crippen LogP contribution in [0.1, 0.15) is 19.4 Å². The maximum absolute atomic E-state index is 13.5. The van der Waals surface area contributed by atoms with E-state index in [2.05, 4.69) is 39.7 Å². The van der Waals surface area contributed by atoms with E-state index in [1.165, 1.54) is 6.07 Å². The van der Waals surface area contributed by atoms with Crippen LogP contribution < -0.4 is 10.6 Å². The Morgan fingerprint density at radius 2 is 2.00 bits per heavy atom. The van der Waals surface area contributed by atoms with Gasteiger partial charge in [-0.25, -0.2) is 4.39 Å². The van der Waals surface area contributed by atoms with Crippen LogP contribution in [-0.4, -0.2) is 21.7 Å². The maximum atomic E-state index is 13.5. The molecule has 6 heteroatoms. The molecule has 0 amide bonds. The number of nitrogens with one attached hydrogen (secondary N) is 2. The lowest BCUT2D eigenvalue weighted by molar-refractivity contribution is 0.612. The first-order chi connectivity index (χ1) is 9.65. The number of aromatic nitrogens is 3. The highest BCUT2D eigenvalue weighted by Gasteiger charge is 2.04. The zero-order valence-corrected chi connectivity index (χ0v) is 11.6. The summed E-state index contributed by atoms with van der Waals surface area (Å²) in [6.45, 7) is 5.35. The molecule has 0 aliphatic rings. The topological polar surface area (TPSA) is 62.7 Å². The van der Waals surface area contributed by atoms with E-state index in [1.54, 1.807) is 24.4 Å². The number of nitrogens with zero attached hydrogens (tertiary/aromatic N) is 3. The quantitative estimate of drug-likeness (QED) is 0.848. The largest absolute Gasteiger partial charge is 0.368 e. The van der Waals surface area contributed by atoms with Crippen LogP contribution in [0.5, 0.6) is 0 Å². The van der Waals surface area contributed by atoms with Gasteiger partial charge in [-0.15, -0.1) is 5.10 Å². The Morgan fingerprint density at radius 3 is 2.75 bits per heavy atom. The van der Waals surface area contributed by atoms with Gasteiger partial charge in [0, 0.05) is 18.7 Å². The van der Waals surface area contributed by atoms with E-state index in [-0.39, 0.29) is 5.82 Å². The molecular weight excluding hydrogens is 257 g/mol. The van der Waals surface area contributed by atoms with Crippen molar-refractivity contribution in [2.45, 2.75) is 20.4 Å². The van der Waals surface area contributed by atoms with E-state index in [4.69, 9.17) is 0 Å². The number of halogens is 1. The third kappa shape index (κ3) is 4.15. The normalized spacial score (nSPS) is 10.6. The van der Waals surface area contributed by atoms with Gasteiger partial charge in [0.2, 0.25) is 5.95 Å². The van der Waals surface area contributed by atoms with Gasteiger partial charge in [-0.1, -0.05) is 32.0 Å². The molecule has 0 atom stereocenters. The third-order valence-corrected chi connectivity index (χ3v) is 2.65. The predicted octanol–water partition coefficient (Wildman–Crippen LogP) is 2.69. The second-order valence-electron chi connectivity index (χ2n) is 4.88. The van der Waals surface area contributed by atoms with Crippen molar-refractivity contribution in [1.82, 2.24) is 15.2 Å². The number of hydrogen-bond acceptors (Lipinski definition) is 5. The molecule has 0 spiro atoms. The van der Waals surface area contributed by atoms with Gasteiger partial charge in [0.1, 0.15) is 5.82 Å². The Labute approximate surface area is 117 Å². The van der Waals surface area contributed by atoms with E-state index >= 15 is 0 Å². The average molecular weight is 275 g/mol. The summed E-state index contributed by atoms with van der Waals surface area (Å²) >= 11 is 0. The summed E-state index contributed by atoms with van der Waals surface area (Å²) in [7, 11) is 0. The summed E-state index contributed by atoms with van der Waals surface area (Å²) in [6.07, 6.45) is 1.57. The lowest BCUT2D eigenvalue weighted by Crippen LogP contribution is -2.12. The molecular formula is C14H18FN5. The first-order valence-electron chi connectivity index (χ1n) is 6.56. The number of benzene rings is 1. The molecule has 2 rings (SSSR count). The van der Waals surface area contributed by atoms with Crippen molar-refractivity contribution in [3.63, 3.8) is 0 Å². The Hall–Kier alpha value is -2.24. The lowest BCUT2D eigenvalue weighted by atomic mass is 10.2. The predicted molar refractivity (Wildman–Crippen MR) is 76.9 cm³/mol. The molecule has 0 aliphatic carbocycles. The summed E-state index contributed by atoms with van der Waals surface area (Å²) in [5.74, 6) is 1.30. The fraction of sp³-hybridized carbons (Fsp3) is 0.357. The van der Waals surface area contributed by atoms with Crippen molar-refractivity contribution < 1.29 is 4.39 Å². The fourth-order valence-corrected chi connectivity index (χ4v) is 1.59. The molecule has 5 nitrogen and oxygen atoms in total. The fourth-order valence-electron chi connectivity index (χ4n) is 1.59. The molecule has 1 aromatic carbocycles. The Balaban J connectivity index is 1.96. The van der Waals surface area contributed by atoms with Crippen LogP contribution in [0, 0.1) is 11.7 Å². The van der Waals surface area contributed by atoms with Gasteiger partial charge in [-0.2, -0.15) is 10.1 Å². The molecule has 0 saturated carbocycles. The molecule has 2 aromatic rings. The molecule has 20 heavy (non-hydrogen) atoms. The van der Waals surface area contributed by atoms with Gasteiger partial charge in [0.05, 0.1) is 6.20 Å². The van der Waals surface area contributed by atoms with Crippen LogP contribution in [0.2, 0.25) is 0 Å². The highest BCUT2D eigenvalue weighted by atomic mass is 19.1. The average Bonchev–Trinajstić information content (AvgIpc) is 2.45. The summed E-state index contributed by atoms with van der Waals surface area (Å²) < 4.78 is 13.5. The van der Waals surface area contributed by atoms with Gasteiger partial charge in [-0.3, -0.25) is 0 Å². The second-order valence-corrected chi connectivity index (χ2v) is 4.88. The number of anilines is 2. The summed E-state index contributed by atoms with van der Waals surface area (Å²) in [5, 5.41) is 13.9. The molecule has 0 unspecified atom stereocenters. The summed E-state index contributed by atoms with van der Waals surface area (Å²) in [4.78, 5) is 4.27. The molecule has 0 fully saturated rings. The van der Waals surface area contributed by atoms with Gasteiger partial charge < -0.3 is 10.6 Å². The molecule has 1 heterocycles. The SMILES string of the molecule is CC(C)CNc1cnnc(NCc2ccccc2F)n1. The molecule has 2 N–H and O–H groups in total. The Morgan fingerprint density at radius 1 is 1.20 bits per heavy atom. The van der Waals surface area contributed by atoms with E-state index < -0.39 is 0 Å². The standard InChI is InChI=1S/C14H18FN5/c1-10(2)7-16-13-9-18-20-14(19-13)17-8-11-5-3-4-6-12(11)15/h3-6,9-10H,7-8H2,1-2H3,(H2,16,17,19,20). The van der Waals surface area contributed by atoms with Gasteiger partial charge in [0.15, 0.2) is 5.82 Å². The van der Waals surface area contributed by atoms with E-state index in [0.717, 1.165) is 6.54 Å². The number of rotatable bonds is 6. The van der Waals surface area contributed by atoms with E-state index in [0.29, 0.717) is 29.8 Å². The number of hydrogen-bond donors (Lipinski definition) is 2. The molecule has 1 aromatic heterocycles. The zero-order chi connectivity index (χ0) is 14.4. The first-order valence-corrected chi connectivity index (χ1v) is 6.56. The summed E-state index contributed by atoms with van der Waals surface area (Å²) in [6, 6.07) is 6.60. The minimum Gasteiger partial charge on any atom is -0.368 e. The van der Waals surface area contributed by atoms with Crippen molar-refractivity contribution in [2.75, 3.05) is 17.2 Å². The highest BCUT2D eigenvalue weighted by Crippen LogP contribution is 2.09. The van der Waals surface area contributed by atoms with Gasteiger partial charge >= 0.3 is 0 Å². The first kappa shape index (κ1) is 14.2. The third-order valence-electron chi connectivity index (χ3n) is 2.65. The molecule has 106 valence electrons. The van der Waals surface area contributed by atoms with Crippen LogP contribution in [0.4, 0.5) is 16.2 Å². The maximum Gasteiger partial charge on any atom is 0.244 e. The zero-order valence-electron chi connectivity index (χ0n) is 11.6. The van der Waals surface area contributed by atoms with Crippen LogP contribution in [0.25, 0.3) is 0 Å². The summed E-state index contributed by atoms with van der Waals surface area (Å²) in [5.41, 5.74) is 0.566. The minimum atomic E-state index is -0.248. The Bertz CT molecular complexity index is 559. The molecule has 0 aliphatic heterocycles. The van der Waals surface area contributed by atoms with Crippen molar-refractivity contribution in [3.05, 3.63) is 41.8 Å². The smallest absolute Gasteiger partial charge is 0.244 e. The molecule has 0 radical (unpaired) electrons. The van der Waals surface area contributed by atoms with Crippen LogP contribution in [0.3, 0.4) is 0 Å². The van der Waals surface area contributed by atoms with Crippen LogP contribution in [0.15, 0.2) is 30.5 Å². The second kappa shape index (κ2) is 6.79. The minimum absolute atomic E-state index is 0.248. The van der Waals surface area contributed by atoms with E-state index in [9.17, 15) is 4.39 Å². The van der Waals surface area contributed by atoms with Crippen LogP contribution >= 0.6 is 0 Å². The highest BCUT2D eigenvalue weighted by molar-refractivity contribution is 5.37. The molecule has 0 bridgehead atoms. The Kier molecular flexibility index (Phi) is 4.81. The monoisotopic (exact) mass is 275 g/mol. The van der Waals surface area contributed by atoms with E-state index in [1.807, 2.05) is 0 Å². The lowest BCUT2D eigenvalue weighted by Gasteiger charge is -2.09. The van der Waals surface area contributed by atoms with Gasteiger partial charge in [0.25, 0.3) is 0 Å². The van der Waals surface area contributed by atoms with Crippen molar-refractivity contribution >= 4 is 11.8 Å².